The Bertz CT molecular complexity index is 287. The van der Waals surface area contributed by atoms with Crippen molar-refractivity contribution in [1.82, 2.24) is 4.98 Å². The average molecular weight is 206 g/mol. The topological polar surface area (TPSA) is 50.2 Å². The summed E-state index contributed by atoms with van der Waals surface area (Å²) in [6, 6.07) is 0. The van der Waals surface area contributed by atoms with Gasteiger partial charge in [0.25, 0.3) is 0 Å². The third-order valence-corrected chi connectivity index (χ3v) is 2.77. The Morgan fingerprint density at radius 1 is 1.92 bits per heavy atom. The second-order valence-electron chi connectivity index (χ2n) is 2.31. The normalized spacial score (nSPS) is 12.8. The van der Waals surface area contributed by atoms with E-state index in [2.05, 4.69) is 4.98 Å². The fourth-order valence-corrected chi connectivity index (χ4v) is 2.05. The molecule has 1 unspecified atom stereocenters. The number of rotatable bonds is 3. The molecular formula is C7H8ClNO2S. The maximum absolute atomic E-state index is 10.7. The number of carboxylic acid groups (broad SMARTS) is 1. The zero-order chi connectivity index (χ0) is 9.14. The van der Waals surface area contributed by atoms with Gasteiger partial charge in [-0.1, -0.05) is 18.5 Å². The van der Waals surface area contributed by atoms with Crippen LogP contribution in [0.2, 0.25) is 4.47 Å². The summed E-state index contributed by atoms with van der Waals surface area (Å²) in [4.78, 5) is 15.2. The average Bonchev–Trinajstić information content (AvgIpc) is 2.37. The van der Waals surface area contributed by atoms with Crippen LogP contribution in [0, 0.1) is 0 Å². The van der Waals surface area contributed by atoms with E-state index < -0.39 is 11.9 Å². The van der Waals surface area contributed by atoms with Crippen molar-refractivity contribution in [3.05, 3.63) is 15.5 Å². The summed E-state index contributed by atoms with van der Waals surface area (Å²) in [5.41, 5.74) is 0. The molecule has 1 aromatic heterocycles. The van der Waals surface area contributed by atoms with Gasteiger partial charge in [0.15, 0.2) is 4.47 Å². The third kappa shape index (κ3) is 1.95. The molecule has 1 N–H and O–H groups in total. The summed E-state index contributed by atoms with van der Waals surface area (Å²) in [7, 11) is 0. The molecule has 5 heteroatoms. The van der Waals surface area contributed by atoms with Crippen LogP contribution in [-0.2, 0) is 4.79 Å². The number of aromatic nitrogens is 1. The van der Waals surface area contributed by atoms with Crippen molar-refractivity contribution in [2.45, 2.75) is 19.3 Å². The Kier molecular flexibility index (Phi) is 3.05. The van der Waals surface area contributed by atoms with Gasteiger partial charge < -0.3 is 5.11 Å². The number of halogens is 1. The first-order valence-electron chi connectivity index (χ1n) is 3.49. The number of hydrogen-bond donors (Lipinski definition) is 1. The van der Waals surface area contributed by atoms with E-state index in [-0.39, 0.29) is 0 Å². The fraction of sp³-hybridized carbons (Fsp3) is 0.429. The van der Waals surface area contributed by atoms with E-state index in [1.54, 1.807) is 0 Å². The quantitative estimate of drug-likeness (QED) is 0.824. The molecule has 0 fully saturated rings. The molecule has 3 nitrogen and oxygen atoms in total. The summed E-state index contributed by atoms with van der Waals surface area (Å²) >= 11 is 6.80. The lowest BCUT2D eigenvalue weighted by Crippen LogP contribution is -2.08. The van der Waals surface area contributed by atoms with E-state index in [0.29, 0.717) is 10.9 Å². The van der Waals surface area contributed by atoms with Gasteiger partial charge in [0.1, 0.15) is 0 Å². The van der Waals surface area contributed by atoms with Crippen molar-refractivity contribution in [2.24, 2.45) is 0 Å². The minimum absolute atomic E-state index is 0.393. The Morgan fingerprint density at radius 2 is 2.58 bits per heavy atom. The monoisotopic (exact) mass is 205 g/mol. The molecule has 0 saturated heterocycles. The highest BCUT2D eigenvalue weighted by molar-refractivity contribution is 7.15. The van der Waals surface area contributed by atoms with Crippen molar-refractivity contribution >= 4 is 28.9 Å². The van der Waals surface area contributed by atoms with Crippen LogP contribution in [0.5, 0.6) is 0 Å². The van der Waals surface area contributed by atoms with Gasteiger partial charge in [-0.2, -0.15) is 0 Å². The highest BCUT2D eigenvalue weighted by Gasteiger charge is 2.19. The maximum Gasteiger partial charge on any atom is 0.311 e. The number of thiazole rings is 1. The molecule has 0 spiro atoms. The zero-order valence-corrected chi connectivity index (χ0v) is 8.02. The minimum atomic E-state index is -0.821. The Hall–Kier alpha value is -0.610. The van der Waals surface area contributed by atoms with Crippen molar-refractivity contribution in [2.75, 3.05) is 0 Å². The Morgan fingerprint density at radius 3 is 2.92 bits per heavy atom. The van der Waals surface area contributed by atoms with E-state index in [1.807, 2.05) is 6.92 Å². The zero-order valence-electron chi connectivity index (χ0n) is 6.45. The summed E-state index contributed by atoms with van der Waals surface area (Å²) in [5.74, 6) is -1.28. The molecule has 1 aromatic rings. The van der Waals surface area contributed by atoms with Crippen molar-refractivity contribution in [1.29, 1.82) is 0 Å². The predicted octanol–water partition coefficient (Wildman–Crippen LogP) is 2.37. The van der Waals surface area contributed by atoms with Crippen LogP contribution in [0.15, 0.2) is 6.20 Å². The van der Waals surface area contributed by atoms with Crippen LogP contribution < -0.4 is 0 Å². The lowest BCUT2D eigenvalue weighted by atomic mass is 10.1. The minimum Gasteiger partial charge on any atom is -0.481 e. The summed E-state index contributed by atoms with van der Waals surface area (Å²) in [6.07, 6.45) is 2.09. The number of carbonyl (C=O) groups is 1. The molecule has 1 atom stereocenters. The summed E-state index contributed by atoms with van der Waals surface area (Å²) in [6.45, 7) is 1.83. The van der Waals surface area contributed by atoms with Gasteiger partial charge in [0.05, 0.1) is 5.92 Å². The molecule has 0 radical (unpaired) electrons. The van der Waals surface area contributed by atoms with E-state index in [9.17, 15) is 4.79 Å². The molecule has 0 aliphatic carbocycles. The van der Waals surface area contributed by atoms with Gasteiger partial charge >= 0.3 is 5.97 Å². The Labute approximate surface area is 79.0 Å². The standard InChI is InChI=1S/C7H8ClNO2S/c1-2-4(6(10)11)5-3-9-7(8)12-5/h3-4H,2H2,1H3,(H,10,11). The molecule has 0 aromatic carbocycles. The van der Waals surface area contributed by atoms with Crippen LogP contribution >= 0.6 is 22.9 Å². The van der Waals surface area contributed by atoms with E-state index in [4.69, 9.17) is 16.7 Å². The number of nitrogens with zero attached hydrogens (tertiary/aromatic N) is 1. The van der Waals surface area contributed by atoms with Gasteiger partial charge in [-0.3, -0.25) is 4.79 Å². The van der Waals surface area contributed by atoms with Crippen LogP contribution in [0.25, 0.3) is 0 Å². The van der Waals surface area contributed by atoms with Crippen LogP contribution in [-0.4, -0.2) is 16.1 Å². The van der Waals surface area contributed by atoms with Gasteiger partial charge in [-0.25, -0.2) is 4.98 Å². The molecule has 1 rings (SSSR count). The second-order valence-corrected chi connectivity index (χ2v) is 3.96. The largest absolute Gasteiger partial charge is 0.481 e. The van der Waals surface area contributed by atoms with Crippen molar-refractivity contribution in [3.8, 4) is 0 Å². The van der Waals surface area contributed by atoms with E-state index >= 15 is 0 Å². The van der Waals surface area contributed by atoms with Gasteiger partial charge in [-0.15, -0.1) is 11.3 Å². The summed E-state index contributed by atoms with van der Waals surface area (Å²) in [5, 5.41) is 8.77. The fourth-order valence-electron chi connectivity index (χ4n) is 0.923. The number of hydrogen-bond acceptors (Lipinski definition) is 3. The molecular weight excluding hydrogens is 198 g/mol. The van der Waals surface area contributed by atoms with Crippen molar-refractivity contribution < 1.29 is 9.90 Å². The Balaban J connectivity index is 2.87. The molecule has 0 aliphatic heterocycles. The molecule has 12 heavy (non-hydrogen) atoms. The van der Waals surface area contributed by atoms with Gasteiger partial charge in [0.2, 0.25) is 0 Å². The smallest absolute Gasteiger partial charge is 0.311 e. The second kappa shape index (κ2) is 3.87. The maximum atomic E-state index is 10.7. The SMILES string of the molecule is CCC(C(=O)O)c1cnc(Cl)s1. The lowest BCUT2D eigenvalue weighted by molar-refractivity contribution is -0.138. The van der Waals surface area contributed by atoms with Gasteiger partial charge in [0, 0.05) is 11.1 Å². The first-order valence-corrected chi connectivity index (χ1v) is 4.68. The van der Waals surface area contributed by atoms with Crippen LogP contribution in [0.4, 0.5) is 0 Å². The molecule has 0 amide bonds. The van der Waals surface area contributed by atoms with Gasteiger partial charge in [-0.05, 0) is 6.42 Å². The van der Waals surface area contributed by atoms with E-state index in [1.165, 1.54) is 17.5 Å². The van der Waals surface area contributed by atoms with Crippen LogP contribution in [0.1, 0.15) is 24.1 Å². The predicted molar refractivity (Wildman–Crippen MR) is 47.8 cm³/mol. The molecule has 66 valence electrons. The third-order valence-electron chi connectivity index (χ3n) is 1.55. The highest BCUT2D eigenvalue weighted by Crippen LogP contribution is 2.27. The number of carboxylic acids is 1. The highest BCUT2D eigenvalue weighted by atomic mass is 35.5. The number of aliphatic carboxylic acids is 1. The molecule has 0 bridgehead atoms. The van der Waals surface area contributed by atoms with Crippen molar-refractivity contribution in [3.63, 3.8) is 0 Å². The first-order chi connectivity index (χ1) is 5.65. The molecule has 1 heterocycles. The first kappa shape index (κ1) is 9.48. The molecule has 0 aliphatic rings. The lowest BCUT2D eigenvalue weighted by Gasteiger charge is -2.04. The molecule has 0 saturated carbocycles. The van der Waals surface area contributed by atoms with E-state index in [0.717, 1.165) is 4.88 Å². The summed E-state index contributed by atoms with van der Waals surface area (Å²) < 4.78 is 0.393. The van der Waals surface area contributed by atoms with Crippen LogP contribution in [0.3, 0.4) is 0 Å².